The number of anilines is 2. The summed E-state index contributed by atoms with van der Waals surface area (Å²) in [7, 11) is 2.09. The monoisotopic (exact) mass is 254 g/mol. The highest BCUT2D eigenvalue weighted by atomic mass is 15.1. The van der Waals surface area contributed by atoms with E-state index in [1.54, 1.807) is 0 Å². The first kappa shape index (κ1) is 13.6. The molecule has 0 radical (unpaired) electrons. The molecule has 0 fully saturated rings. The topological polar surface area (TPSA) is 29.3 Å². The molecule has 0 bridgehead atoms. The van der Waals surface area contributed by atoms with Crippen LogP contribution in [-0.4, -0.2) is 7.05 Å². The Kier molecular flexibility index (Phi) is 4.23. The van der Waals surface area contributed by atoms with Gasteiger partial charge in [-0.25, -0.2) is 0 Å². The van der Waals surface area contributed by atoms with Gasteiger partial charge in [-0.05, 0) is 42.7 Å². The van der Waals surface area contributed by atoms with Crippen LogP contribution in [0.5, 0.6) is 0 Å². The summed E-state index contributed by atoms with van der Waals surface area (Å²) in [6.45, 7) is 4.19. The number of rotatable bonds is 4. The van der Waals surface area contributed by atoms with E-state index in [0.29, 0.717) is 0 Å². The standard InChI is InChI=1S/C17H22N2/c1-4-14-9-11-15(12-10-14)19(3)17-8-6-5-7-16(17)13(2)18/h5-13H,4,18H2,1-3H3. The van der Waals surface area contributed by atoms with Gasteiger partial charge in [-0.2, -0.15) is 0 Å². The number of nitrogens with zero attached hydrogens (tertiary/aromatic N) is 1. The largest absolute Gasteiger partial charge is 0.344 e. The van der Waals surface area contributed by atoms with Crippen molar-refractivity contribution in [2.24, 2.45) is 5.73 Å². The molecule has 100 valence electrons. The Labute approximate surface area is 115 Å². The van der Waals surface area contributed by atoms with Crippen LogP contribution in [0.4, 0.5) is 11.4 Å². The minimum absolute atomic E-state index is 0.0357. The second-order valence-electron chi connectivity index (χ2n) is 4.93. The van der Waals surface area contributed by atoms with E-state index in [1.807, 2.05) is 13.0 Å². The van der Waals surface area contributed by atoms with Crippen molar-refractivity contribution in [3.05, 3.63) is 59.7 Å². The zero-order valence-corrected chi connectivity index (χ0v) is 11.9. The molecule has 2 nitrogen and oxygen atoms in total. The van der Waals surface area contributed by atoms with Crippen LogP contribution in [0.3, 0.4) is 0 Å². The predicted octanol–water partition coefficient (Wildman–Crippen LogP) is 4.04. The van der Waals surface area contributed by atoms with Crippen LogP contribution in [0.1, 0.15) is 31.0 Å². The molecule has 2 rings (SSSR count). The van der Waals surface area contributed by atoms with Crippen molar-refractivity contribution in [2.45, 2.75) is 26.3 Å². The molecule has 19 heavy (non-hydrogen) atoms. The van der Waals surface area contributed by atoms with Gasteiger partial charge < -0.3 is 10.6 Å². The highest BCUT2D eigenvalue weighted by Crippen LogP contribution is 2.29. The highest BCUT2D eigenvalue weighted by Gasteiger charge is 2.11. The highest BCUT2D eigenvalue weighted by molar-refractivity contribution is 5.66. The summed E-state index contributed by atoms with van der Waals surface area (Å²) in [6.07, 6.45) is 1.07. The zero-order chi connectivity index (χ0) is 13.8. The molecule has 0 aliphatic carbocycles. The lowest BCUT2D eigenvalue weighted by Crippen LogP contribution is -2.15. The first-order valence-electron chi connectivity index (χ1n) is 6.80. The van der Waals surface area contributed by atoms with Gasteiger partial charge in [0.05, 0.1) is 0 Å². The molecule has 0 heterocycles. The van der Waals surface area contributed by atoms with Gasteiger partial charge in [0.15, 0.2) is 0 Å². The van der Waals surface area contributed by atoms with E-state index in [9.17, 15) is 0 Å². The smallest absolute Gasteiger partial charge is 0.0456 e. The lowest BCUT2D eigenvalue weighted by atomic mass is 10.1. The van der Waals surface area contributed by atoms with Crippen LogP contribution in [0.25, 0.3) is 0 Å². The summed E-state index contributed by atoms with van der Waals surface area (Å²) in [5, 5.41) is 0. The fraction of sp³-hybridized carbons (Fsp3) is 0.294. The average molecular weight is 254 g/mol. The van der Waals surface area contributed by atoms with Gasteiger partial charge in [0.2, 0.25) is 0 Å². The quantitative estimate of drug-likeness (QED) is 0.892. The maximum absolute atomic E-state index is 6.05. The van der Waals surface area contributed by atoms with E-state index in [1.165, 1.54) is 22.5 Å². The first-order chi connectivity index (χ1) is 9.13. The van der Waals surface area contributed by atoms with Crippen molar-refractivity contribution in [2.75, 3.05) is 11.9 Å². The number of benzene rings is 2. The fourth-order valence-corrected chi connectivity index (χ4v) is 2.27. The van der Waals surface area contributed by atoms with Crippen LogP contribution in [-0.2, 0) is 6.42 Å². The third-order valence-electron chi connectivity index (χ3n) is 3.52. The van der Waals surface area contributed by atoms with Crippen LogP contribution in [0.2, 0.25) is 0 Å². The molecule has 0 aliphatic heterocycles. The second kappa shape index (κ2) is 5.89. The lowest BCUT2D eigenvalue weighted by molar-refractivity contribution is 0.815. The van der Waals surface area contributed by atoms with Crippen molar-refractivity contribution in [3.63, 3.8) is 0 Å². The van der Waals surface area contributed by atoms with Crippen LogP contribution in [0, 0.1) is 0 Å². The molecular weight excluding hydrogens is 232 g/mol. The molecule has 1 unspecified atom stereocenters. The normalized spacial score (nSPS) is 12.2. The number of hydrogen-bond acceptors (Lipinski definition) is 2. The Morgan fingerprint density at radius 3 is 2.26 bits per heavy atom. The minimum atomic E-state index is 0.0357. The van der Waals surface area contributed by atoms with Crippen LogP contribution in [0.15, 0.2) is 48.5 Å². The maximum atomic E-state index is 6.05. The minimum Gasteiger partial charge on any atom is -0.344 e. The zero-order valence-electron chi connectivity index (χ0n) is 11.9. The SMILES string of the molecule is CCc1ccc(N(C)c2ccccc2C(C)N)cc1. The number of para-hydroxylation sites is 1. The lowest BCUT2D eigenvalue weighted by Gasteiger charge is -2.24. The Balaban J connectivity index is 2.35. The number of nitrogens with two attached hydrogens (primary N) is 1. The van der Waals surface area contributed by atoms with Crippen molar-refractivity contribution < 1.29 is 0 Å². The Bertz CT molecular complexity index is 529. The molecule has 2 aromatic carbocycles. The van der Waals surface area contributed by atoms with E-state index in [4.69, 9.17) is 5.73 Å². The molecular formula is C17H22N2. The van der Waals surface area contributed by atoms with Crippen molar-refractivity contribution >= 4 is 11.4 Å². The van der Waals surface area contributed by atoms with Crippen molar-refractivity contribution in [1.29, 1.82) is 0 Å². The molecule has 0 saturated heterocycles. The summed E-state index contributed by atoms with van der Waals surface area (Å²) in [5.74, 6) is 0. The van der Waals surface area contributed by atoms with E-state index in [-0.39, 0.29) is 6.04 Å². The van der Waals surface area contributed by atoms with Gasteiger partial charge >= 0.3 is 0 Å². The third-order valence-corrected chi connectivity index (χ3v) is 3.52. The van der Waals surface area contributed by atoms with E-state index >= 15 is 0 Å². The molecule has 0 spiro atoms. The van der Waals surface area contributed by atoms with Gasteiger partial charge in [0.1, 0.15) is 0 Å². The second-order valence-corrected chi connectivity index (χ2v) is 4.93. The molecule has 2 aromatic rings. The molecule has 1 atom stereocenters. The third kappa shape index (κ3) is 2.96. The van der Waals surface area contributed by atoms with Gasteiger partial charge in [-0.3, -0.25) is 0 Å². The summed E-state index contributed by atoms with van der Waals surface area (Å²) in [5.41, 5.74) is 10.9. The van der Waals surface area contributed by atoms with E-state index in [2.05, 4.69) is 61.3 Å². The Morgan fingerprint density at radius 1 is 1.05 bits per heavy atom. The Morgan fingerprint density at radius 2 is 1.68 bits per heavy atom. The molecule has 0 saturated carbocycles. The molecule has 2 heteroatoms. The van der Waals surface area contributed by atoms with Crippen molar-refractivity contribution in [1.82, 2.24) is 0 Å². The van der Waals surface area contributed by atoms with Gasteiger partial charge in [-0.1, -0.05) is 37.3 Å². The maximum Gasteiger partial charge on any atom is 0.0456 e. The number of hydrogen-bond donors (Lipinski definition) is 1. The molecule has 0 aromatic heterocycles. The molecule has 0 amide bonds. The van der Waals surface area contributed by atoms with Gasteiger partial charge in [-0.15, -0.1) is 0 Å². The summed E-state index contributed by atoms with van der Waals surface area (Å²) in [6, 6.07) is 17.0. The Hall–Kier alpha value is -1.80. The number of aryl methyl sites for hydroxylation is 1. The van der Waals surface area contributed by atoms with Crippen LogP contribution < -0.4 is 10.6 Å². The summed E-state index contributed by atoms with van der Waals surface area (Å²) >= 11 is 0. The molecule has 2 N–H and O–H groups in total. The van der Waals surface area contributed by atoms with Crippen molar-refractivity contribution in [3.8, 4) is 0 Å². The van der Waals surface area contributed by atoms with Gasteiger partial charge in [0, 0.05) is 24.5 Å². The summed E-state index contributed by atoms with van der Waals surface area (Å²) < 4.78 is 0. The van der Waals surface area contributed by atoms with E-state index < -0.39 is 0 Å². The van der Waals surface area contributed by atoms with E-state index in [0.717, 1.165) is 6.42 Å². The molecule has 0 aliphatic rings. The average Bonchev–Trinajstić information content (AvgIpc) is 2.46. The fourth-order valence-electron chi connectivity index (χ4n) is 2.27. The predicted molar refractivity (Wildman–Crippen MR) is 82.9 cm³/mol. The first-order valence-corrected chi connectivity index (χ1v) is 6.80. The van der Waals surface area contributed by atoms with Crippen LogP contribution >= 0.6 is 0 Å². The van der Waals surface area contributed by atoms with Gasteiger partial charge in [0.25, 0.3) is 0 Å². The summed E-state index contributed by atoms with van der Waals surface area (Å²) in [4.78, 5) is 2.19.